The minimum Gasteiger partial charge on any atom is -0.491 e. The summed E-state index contributed by atoms with van der Waals surface area (Å²) in [5, 5.41) is 21.1. The van der Waals surface area contributed by atoms with Crippen LogP contribution in [0.5, 0.6) is 5.75 Å². The summed E-state index contributed by atoms with van der Waals surface area (Å²) in [7, 11) is 2.69. The number of nitro benzene ring substituents is 1. The van der Waals surface area contributed by atoms with Crippen LogP contribution in [0.3, 0.4) is 0 Å². The standard InChI is InChI=1S/C19H19F3N2O6/c1-23(17-8-5-13(24(27)28)9-16(17)18(26)29-2)10-14(25)11-30-15-6-3-12(4-7-15)19(20,21)22/h3-9,14,25H,10-11H2,1-2H3/t14-/m1/s1. The van der Waals surface area contributed by atoms with Crippen molar-refractivity contribution in [2.24, 2.45) is 0 Å². The number of rotatable bonds is 8. The molecule has 1 N–H and O–H groups in total. The molecule has 0 unspecified atom stereocenters. The van der Waals surface area contributed by atoms with E-state index in [1.807, 2.05) is 0 Å². The van der Waals surface area contributed by atoms with E-state index in [1.54, 1.807) is 7.05 Å². The molecule has 0 radical (unpaired) electrons. The van der Waals surface area contributed by atoms with Gasteiger partial charge >= 0.3 is 12.1 Å². The monoisotopic (exact) mass is 428 g/mol. The quantitative estimate of drug-likeness (QED) is 0.391. The summed E-state index contributed by atoms with van der Waals surface area (Å²) in [4.78, 5) is 23.7. The molecular formula is C19H19F3N2O6. The summed E-state index contributed by atoms with van der Waals surface area (Å²) in [6.45, 7) is -0.251. The van der Waals surface area contributed by atoms with Crippen molar-refractivity contribution in [1.82, 2.24) is 0 Å². The number of hydrogen-bond acceptors (Lipinski definition) is 7. The van der Waals surface area contributed by atoms with Crippen LogP contribution in [0.15, 0.2) is 42.5 Å². The number of anilines is 1. The van der Waals surface area contributed by atoms with Crippen LogP contribution in [0.2, 0.25) is 0 Å². The third-order valence-electron chi connectivity index (χ3n) is 4.12. The molecule has 0 aliphatic carbocycles. The van der Waals surface area contributed by atoms with Gasteiger partial charge in [-0.15, -0.1) is 0 Å². The van der Waals surface area contributed by atoms with E-state index in [1.165, 1.54) is 17.0 Å². The van der Waals surface area contributed by atoms with Crippen LogP contribution in [0.1, 0.15) is 15.9 Å². The molecule has 0 aliphatic rings. The fourth-order valence-electron chi connectivity index (χ4n) is 2.64. The predicted octanol–water partition coefficient (Wildman–Crippen LogP) is 3.28. The van der Waals surface area contributed by atoms with Gasteiger partial charge in [0.05, 0.1) is 28.8 Å². The van der Waals surface area contributed by atoms with Gasteiger partial charge in [-0.1, -0.05) is 0 Å². The van der Waals surface area contributed by atoms with Gasteiger partial charge in [-0.25, -0.2) is 4.79 Å². The van der Waals surface area contributed by atoms with E-state index in [-0.39, 0.29) is 30.2 Å². The van der Waals surface area contributed by atoms with Gasteiger partial charge in [0.2, 0.25) is 0 Å². The van der Waals surface area contributed by atoms with Gasteiger partial charge in [-0.05, 0) is 30.3 Å². The molecule has 0 saturated carbocycles. The number of methoxy groups -OCH3 is 1. The normalized spacial score (nSPS) is 12.2. The van der Waals surface area contributed by atoms with Crippen molar-refractivity contribution >= 4 is 17.3 Å². The largest absolute Gasteiger partial charge is 0.491 e. The molecule has 2 aromatic rings. The molecule has 2 rings (SSSR count). The summed E-state index contributed by atoms with van der Waals surface area (Å²) in [5.74, 6) is -0.633. The maximum absolute atomic E-state index is 12.6. The lowest BCUT2D eigenvalue weighted by molar-refractivity contribution is -0.384. The van der Waals surface area contributed by atoms with Gasteiger partial charge in [0.1, 0.15) is 18.5 Å². The van der Waals surface area contributed by atoms with Crippen LogP contribution < -0.4 is 9.64 Å². The van der Waals surface area contributed by atoms with Crippen molar-refractivity contribution in [3.63, 3.8) is 0 Å². The second-order valence-electron chi connectivity index (χ2n) is 6.32. The number of alkyl halides is 3. The molecule has 8 nitrogen and oxygen atoms in total. The van der Waals surface area contributed by atoms with Crippen LogP contribution in [0.4, 0.5) is 24.5 Å². The average Bonchev–Trinajstić information content (AvgIpc) is 2.70. The first-order valence-electron chi connectivity index (χ1n) is 8.59. The first-order valence-corrected chi connectivity index (χ1v) is 8.59. The van der Waals surface area contributed by atoms with E-state index >= 15 is 0 Å². The number of benzene rings is 2. The summed E-state index contributed by atoms with van der Waals surface area (Å²) in [6.07, 6.45) is -5.53. The van der Waals surface area contributed by atoms with Gasteiger partial charge in [-0.3, -0.25) is 10.1 Å². The second kappa shape index (κ2) is 9.44. The Kier molecular flexibility index (Phi) is 7.22. The summed E-state index contributed by atoms with van der Waals surface area (Å²) >= 11 is 0. The van der Waals surface area contributed by atoms with Crippen LogP contribution in [0.25, 0.3) is 0 Å². The number of aliphatic hydroxyl groups is 1. The molecule has 0 bridgehead atoms. The minimum absolute atomic E-state index is 0.0254. The average molecular weight is 428 g/mol. The number of nitrogens with zero attached hydrogens (tertiary/aromatic N) is 2. The Morgan fingerprint density at radius 1 is 1.23 bits per heavy atom. The molecule has 1 atom stereocenters. The number of nitro groups is 1. The predicted molar refractivity (Wildman–Crippen MR) is 101 cm³/mol. The van der Waals surface area contributed by atoms with Crippen molar-refractivity contribution < 1.29 is 37.5 Å². The van der Waals surface area contributed by atoms with Crippen molar-refractivity contribution in [3.05, 3.63) is 63.7 Å². The number of carbonyl (C=O) groups is 1. The van der Waals surface area contributed by atoms with Crippen LogP contribution in [-0.4, -0.2) is 49.4 Å². The highest BCUT2D eigenvalue weighted by molar-refractivity contribution is 5.96. The molecule has 0 heterocycles. The molecule has 0 aliphatic heterocycles. The lowest BCUT2D eigenvalue weighted by Gasteiger charge is -2.24. The Hall–Kier alpha value is -3.34. The zero-order valence-electron chi connectivity index (χ0n) is 16.0. The maximum Gasteiger partial charge on any atom is 0.416 e. The molecule has 162 valence electrons. The SMILES string of the molecule is COC(=O)c1cc([N+](=O)[O-])ccc1N(C)C[C@@H](O)COc1ccc(C(F)(F)F)cc1. The number of hydrogen-bond donors (Lipinski definition) is 1. The Balaban J connectivity index is 2.04. The van der Waals surface area contributed by atoms with Crippen LogP contribution in [0, 0.1) is 10.1 Å². The highest BCUT2D eigenvalue weighted by Crippen LogP contribution is 2.30. The van der Waals surface area contributed by atoms with Crippen molar-refractivity contribution in [3.8, 4) is 5.75 Å². The molecule has 0 saturated heterocycles. The Morgan fingerprint density at radius 2 is 1.87 bits per heavy atom. The number of esters is 1. The Bertz CT molecular complexity index is 902. The van der Waals surface area contributed by atoms with E-state index in [2.05, 4.69) is 4.74 Å². The number of likely N-dealkylation sites (N-methyl/N-ethyl adjacent to an activating group) is 1. The molecule has 0 spiro atoms. The van der Waals surface area contributed by atoms with Gasteiger partial charge in [0.15, 0.2) is 0 Å². The first-order chi connectivity index (χ1) is 14.0. The molecule has 0 amide bonds. The zero-order chi connectivity index (χ0) is 22.5. The van der Waals surface area contributed by atoms with E-state index < -0.39 is 28.7 Å². The minimum atomic E-state index is -4.46. The topological polar surface area (TPSA) is 102 Å². The van der Waals surface area contributed by atoms with Gasteiger partial charge in [0.25, 0.3) is 5.69 Å². The first kappa shape index (κ1) is 22.9. The van der Waals surface area contributed by atoms with E-state index in [4.69, 9.17) is 4.74 Å². The van der Waals surface area contributed by atoms with Crippen molar-refractivity contribution in [2.75, 3.05) is 32.2 Å². The highest BCUT2D eigenvalue weighted by Gasteiger charge is 2.30. The molecule has 2 aromatic carbocycles. The van der Waals surface area contributed by atoms with Gasteiger partial charge < -0.3 is 19.5 Å². The Labute approximate surface area is 169 Å². The lowest BCUT2D eigenvalue weighted by atomic mass is 10.1. The van der Waals surface area contributed by atoms with Crippen molar-refractivity contribution in [1.29, 1.82) is 0 Å². The maximum atomic E-state index is 12.6. The van der Waals surface area contributed by atoms with E-state index in [0.717, 1.165) is 37.4 Å². The van der Waals surface area contributed by atoms with Gasteiger partial charge in [0, 0.05) is 25.7 Å². The molecule has 0 aromatic heterocycles. The third-order valence-corrected chi connectivity index (χ3v) is 4.12. The third kappa shape index (κ3) is 5.83. The van der Waals surface area contributed by atoms with Crippen molar-refractivity contribution in [2.45, 2.75) is 12.3 Å². The second-order valence-corrected chi connectivity index (χ2v) is 6.32. The van der Waals surface area contributed by atoms with E-state index in [0.29, 0.717) is 5.69 Å². The zero-order valence-corrected chi connectivity index (χ0v) is 16.0. The number of non-ortho nitro benzene ring substituents is 1. The van der Waals surface area contributed by atoms with E-state index in [9.17, 15) is 33.2 Å². The summed E-state index contributed by atoms with van der Waals surface area (Å²) < 4.78 is 47.6. The fraction of sp³-hybridized carbons (Fsp3) is 0.316. The Morgan fingerprint density at radius 3 is 2.40 bits per heavy atom. The number of aliphatic hydroxyl groups excluding tert-OH is 1. The van der Waals surface area contributed by atoms with Gasteiger partial charge in [-0.2, -0.15) is 13.2 Å². The van der Waals surface area contributed by atoms with Crippen LogP contribution in [-0.2, 0) is 10.9 Å². The molecule has 0 fully saturated rings. The molecule has 30 heavy (non-hydrogen) atoms. The lowest BCUT2D eigenvalue weighted by Crippen LogP contribution is -2.34. The molecule has 11 heteroatoms. The number of halogens is 3. The highest BCUT2D eigenvalue weighted by atomic mass is 19.4. The smallest absolute Gasteiger partial charge is 0.416 e. The van der Waals surface area contributed by atoms with Crippen LogP contribution >= 0.6 is 0 Å². The number of ether oxygens (including phenoxy) is 2. The molecular weight excluding hydrogens is 409 g/mol. The number of carbonyl (C=O) groups excluding carboxylic acids is 1. The summed E-state index contributed by atoms with van der Waals surface area (Å²) in [5.41, 5.74) is -0.867. The fourth-order valence-corrected chi connectivity index (χ4v) is 2.64. The summed E-state index contributed by atoms with van der Waals surface area (Å²) in [6, 6.07) is 7.66.